The van der Waals surface area contributed by atoms with Crippen molar-refractivity contribution in [1.82, 2.24) is 0 Å². The number of rotatable bonds is 11. The van der Waals surface area contributed by atoms with Crippen molar-refractivity contribution in [2.24, 2.45) is 0 Å². The Morgan fingerprint density at radius 3 is 1.60 bits per heavy atom. The molecule has 0 aromatic heterocycles. The van der Waals surface area contributed by atoms with E-state index < -0.39 is 5.97 Å². The van der Waals surface area contributed by atoms with Gasteiger partial charge in [-0.25, -0.2) is 0 Å². The highest BCUT2D eigenvalue weighted by molar-refractivity contribution is 5.66. The lowest BCUT2D eigenvalue weighted by molar-refractivity contribution is -0.137. The lowest BCUT2D eigenvalue weighted by Crippen LogP contribution is -1.93. The molecule has 0 aliphatic heterocycles. The third-order valence-corrected chi connectivity index (χ3v) is 2.52. The molecule has 15 heavy (non-hydrogen) atoms. The number of carboxylic acid groups (broad SMARTS) is 1. The first kappa shape index (κ1) is 14.4. The van der Waals surface area contributed by atoms with Gasteiger partial charge in [-0.05, 0) is 12.8 Å². The van der Waals surface area contributed by atoms with Crippen LogP contribution in [-0.4, -0.2) is 17.8 Å². The van der Waals surface area contributed by atoms with Crippen LogP contribution < -0.4 is 0 Å². The van der Waals surface area contributed by atoms with Crippen LogP contribution in [0.3, 0.4) is 0 Å². The number of aliphatic carboxylic acids is 1. The molecule has 0 aromatic carbocycles. The molecule has 0 heterocycles. The monoisotopic (exact) mass is 218 g/mol. The van der Waals surface area contributed by atoms with Gasteiger partial charge in [-0.3, -0.25) is 9.18 Å². The Labute approximate surface area is 91.9 Å². The van der Waals surface area contributed by atoms with Gasteiger partial charge in [0, 0.05) is 6.42 Å². The molecule has 0 rings (SSSR count). The third kappa shape index (κ3) is 13.4. The van der Waals surface area contributed by atoms with E-state index in [4.69, 9.17) is 5.11 Å². The predicted octanol–water partition coefficient (Wildman–Crippen LogP) is 3.94. The number of carbonyl (C=O) groups is 1. The van der Waals surface area contributed by atoms with Gasteiger partial charge in [0.05, 0.1) is 6.67 Å². The van der Waals surface area contributed by atoms with Crippen LogP contribution in [0.25, 0.3) is 0 Å². The van der Waals surface area contributed by atoms with E-state index >= 15 is 0 Å². The summed E-state index contributed by atoms with van der Waals surface area (Å²) in [7, 11) is 0. The fourth-order valence-electron chi connectivity index (χ4n) is 1.61. The van der Waals surface area contributed by atoms with E-state index in [1.54, 1.807) is 0 Å². The molecule has 0 aliphatic rings. The topological polar surface area (TPSA) is 37.3 Å². The third-order valence-electron chi connectivity index (χ3n) is 2.52. The number of halogens is 1. The lowest BCUT2D eigenvalue weighted by Gasteiger charge is -2.00. The van der Waals surface area contributed by atoms with Crippen molar-refractivity contribution >= 4 is 5.97 Å². The average molecular weight is 218 g/mol. The minimum atomic E-state index is -0.693. The predicted molar refractivity (Wildman–Crippen MR) is 59.8 cm³/mol. The maximum absolute atomic E-state index is 11.7. The van der Waals surface area contributed by atoms with Gasteiger partial charge < -0.3 is 5.11 Å². The van der Waals surface area contributed by atoms with Crippen molar-refractivity contribution in [3.05, 3.63) is 0 Å². The highest BCUT2D eigenvalue weighted by atomic mass is 19.1. The molecule has 0 atom stereocenters. The summed E-state index contributed by atoms with van der Waals surface area (Å²) in [6.07, 6.45) is 9.71. The van der Waals surface area contributed by atoms with Crippen LogP contribution in [0.2, 0.25) is 0 Å². The zero-order valence-corrected chi connectivity index (χ0v) is 9.51. The van der Waals surface area contributed by atoms with Gasteiger partial charge in [0.1, 0.15) is 0 Å². The summed E-state index contributed by atoms with van der Waals surface area (Å²) < 4.78 is 11.7. The fourth-order valence-corrected chi connectivity index (χ4v) is 1.61. The highest BCUT2D eigenvalue weighted by Crippen LogP contribution is 2.10. The molecule has 0 aromatic rings. The molecule has 0 amide bonds. The van der Waals surface area contributed by atoms with Crippen LogP contribution in [0.5, 0.6) is 0 Å². The van der Waals surface area contributed by atoms with Gasteiger partial charge in [0.2, 0.25) is 0 Å². The Morgan fingerprint density at radius 1 is 0.800 bits per heavy atom. The summed E-state index contributed by atoms with van der Waals surface area (Å²) in [4.78, 5) is 10.2. The van der Waals surface area contributed by atoms with E-state index in [2.05, 4.69) is 0 Å². The number of unbranched alkanes of at least 4 members (excludes halogenated alkanes) is 8. The Kier molecular flexibility index (Phi) is 11.0. The smallest absolute Gasteiger partial charge is 0.303 e. The number of hydrogen-bond donors (Lipinski definition) is 1. The number of carboxylic acids is 1. The van der Waals surface area contributed by atoms with Gasteiger partial charge in [0.15, 0.2) is 0 Å². The van der Waals surface area contributed by atoms with Crippen LogP contribution in [0.15, 0.2) is 0 Å². The second-order valence-corrected chi connectivity index (χ2v) is 4.01. The normalized spacial score (nSPS) is 10.5. The van der Waals surface area contributed by atoms with Gasteiger partial charge >= 0.3 is 5.97 Å². The molecular weight excluding hydrogens is 195 g/mol. The van der Waals surface area contributed by atoms with E-state index in [1.165, 1.54) is 19.3 Å². The Morgan fingerprint density at radius 2 is 1.20 bits per heavy atom. The molecule has 3 heteroatoms. The van der Waals surface area contributed by atoms with E-state index in [1.807, 2.05) is 0 Å². The molecular formula is C12H23FO2. The lowest BCUT2D eigenvalue weighted by atomic mass is 10.1. The van der Waals surface area contributed by atoms with Crippen LogP contribution in [0, 0.1) is 0 Å². The molecule has 0 fully saturated rings. The summed E-state index contributed by atoms with van der Waals surface area (Å²) >= 11 is 0. The number of hydrogen-bond acceptors (Lipinski definition) is 1. The molecule has 0 spiro atoms. The van der Waals surface area contributed by atoms with Crippen molar-refractivity contribution in [3.8, 4) is 0 Å². The van der Waals surface area contributed by atoms with E-state index in [9.17, 15) is 9.18 Å². The largest absolute Gasteiger partial charge is 0.481 e. The molecule has 0 saturated heterocycles. The minimum absolute atomic E-state index is 0.185. The first-order valence-electron chi connectivity index (χ1n) is 6.05. The van der Waals surface area contributed by atoms with Crippen molar-refractivity contribution in [3.63, 3.8) is 0 Å². The van der Waals surface area contributed by atoms with Crippen molar-refractivity contribution in [2.75, 3.05) is 6.67 Å². The molecule has 0 saturated carbocycles. The molecule has 0 bridgehead atoms. The Bertz CT molecular complexity index is 149. The summed E-state index contributed by atoms with van der Waals surface area (Å²) in [6, 6.07) is 0. The molecule has 0 unspecified atom stereocenters. The summed E-state index contributed by atoms with van der Waals surface area (Å²) in [6.45, 7) is -0.185. The highest BCUT2D eigenvalue weighted by Gasteiger charge is 1.96. The zero-order chi connectivity index (χ0) is 11.4. The first-order valence-corrected chi connectivity index (χ1v) is 6.05. The minimum Gasteiger partial charge on any atom is -0.481 e. The number of alkyl halides is 1. The second kappa shape index (κ2) is 11.5. The summed E-state index contributed by atoms with van der Waals surface area (Å²) in [5.41, 5.74) is 0. The second-order valence-electron chi connectivity index (χ2n) is 4.01. The fraction of sp³-hybridized carbons (Fsp3) is 0.917. The quantitative estimate of drug-likeness (QED) is 0.533. The van der Waals surface area contributed by atoms with Crippen LogP contribution in [-0.2, 0) is 4.79 Å². The summed E-state index contributed by atoms with van der Waals surface area (Å²) in [5.74, 6) is -0.693. The maximum Gasteiger partial charge on any atom is 0.303 e. The van der Waals surface area contributed by atoms with Gasteiger partial charge in [-0.15, -0.1) is 0 Å². The van der Waals surface area contributed by atoms with Crippen molar-refractivity contribution < 1.29 is 14.3 Å². The molecule has 2 nitrogen and oxygen atoms in total. The van der Waals surface area contributed by atoms with Gasteiger partial charge in [-0.1, -0.05) is 44.9 Å². The van der Waals surface area contributed by atoms with Crippen molar-refractivity contribution in [2.45, 2.75) is 64.2 Å². The molecule has 1 N–H and O–H groups in total. The maximum atomic E-state index is 11.7. The van der Waals surface area contributed by atoms with Crippen LogP contribution in [0.1, 0.15) is 64.2 Å². The molecule has 90 valence electrons. The molecule has 0 aliphatic carbocycles. The van der Waals surface area contributed by atoms with E-state index in [0.717, 1.165) is 32.1 Å². The molecule has 0 radical (unpaired) electrons. The van der Waals surface area contributed by atoms with E-state index in [-0.39, 0.29) is 6.67 Å². The van der Waals surface area contributed by atoms with Crippen molar-refractivity contribution in [1.29, 1.82) is 0 Å². The van der Waals surface area contributed by atoms with Gasteiger partial charge in [-0.2, -0.15) is 0 Å². The van der Waals surface area contributed by atoms with Crippen LogP contribution >= 0.6 is 0 Å². The summed E-state index contributed by atoms with van der Waals surface area (Å²) in [5, 5.41) is 8.41. The zero-order valence-electron chi connectivity index (χ0n) is 9.51. The average Bonchev–Trinajstić information content (AvgIpc) is 2.20. The SMILES string of the molecule is O=C(O)CCCCCCCCCCCF. The standard InChI is InChI=1S/C12H23FO2/c13-11-9-7-5-3-1-2-4-6-8-10-12(14)15/h1-11H2,(H,14,15). The van der Waals surface area contributed by atoms with Gasteiger partial charge in [0.25, 0.3) is 0 Å². The van der Waals surface area contributed by atoms with E-state index in [0.29, 0.717) is 12.8 Å². The Hall–Kier alpha value is -0.600. The van der Waals surface area contributed by atoms with Crippen LogP contribution in [0.4, 0.5) is 4.39 Å². The Balaban J connectivity index is 2.89. The first-order chi connectivity index (χ1) is 7.27.